The highest BCUT2D eigenvalue weighted by Gasteiger charge is 2.44. The number of nitrogens with zero attached hydrogens (tertiary/aromatic N) is 1. The molecule has 0 bridgehead atoms. The fourth-order valence-electron chi connectivity index (χ4n) is 4.40. The summed E-state index contributed by atoms with van der Waals surface area (Å²) in [4.78, 5) is 2.80. The van der Waals surface area contributed by atoms with E-state index in [9.17, 15) is 0 Å². The van der Waals surface area contributed by atoms with Gasteiger partial charge in [0.15, 0.2) is 0 Å². The third kappa shape index (κ3) is 2.39. The molecule has 0 aromatic heterocycles. The molecule has 2 rings (SSSR count). The van der Waals surface area contributed by atoms with Crippen LogP contribution in [0.25, 0.3) is 0 Å². The van der Waals surface area contributed by atoms with Crippen molar-refractivity contribution in [3.05, 3.63) is 0 Å². The first kappa shape index (κ1) is 13.4. The Morgan fingerprint density at radius 2 is 1.76 bits per heavy atom. The van der Waals surface area contributed by atoms with Gasteiger partial charge < -0.3 is 5.73 Å². The number of likely N-dealkylation sites (N-methyl/N-ethyl adjacent to an activating group) is 1. The van der Waals surface area contributed by atoms with Gasteiger partial charge in [-0.2, -0.15) is 0 Å². The van der Waals surface area contributed by atoms with Crippen molar-refractivity contribution < 1.29 is 0 Å². The van der Waals surface area contributed by atoms with E-state index in [0.29, 0.717) is 5.54 Å². The van der Waals surface area contributed by atoms with Crippen LogP contribution in [0.5, 0.6) is 0 Å². The highest BCUT2D eigenvalue weighted by atomic mass is 15.2. The van der Waals surface area contributed by atoms with E-state index < -0.39 is 0 Å². The summed E-state index contributed by atoms with van der Waals surface area (Å²) in [5, 5.41) is 0. The highest BCUT2D eigenvalue weighted by molar-refractivity contribution is 5.00. The van der Waals surface area contributed by atoms with E-state index in [0.717, 1.165) is 18.5 Å². The van der Waals surface area contributed by atoms with Gasteiger partial charge in [-0.15, -0.1) is 0 Å². The van der Waals surface area contributed by atoms with E-state index in [2.05, 4.69) is 18.7 Å². The minimum Gasteiger partial charge on any atom is -0.329 e. The first-order valence-electron chi connectivity index (χ1n) is 7.71. The molecule has 2 atom stereocenters. The Morgan fingerprint density at radius 1 is 1.12 bits per heavy atom. The van der Waals surface area contributed by atoms with Crippen LogP contribution in [-0.2, 0) is 0 Å². The summed E-state index contributed by atoms with van der Waals surface area (Å²) in [6.07, 6.45) is 11.2. The molecule has 2 N–H and O–H groups in total. The Kier molecular flexibility index (Phi) is 4.48. The summed E-state index contributed by atoms with van der Waals surface area (Å²) in [5.41, 5.74) is 6.55. The van der Waals surface area contributed by atoms with Gasteiger partial charge in [0.25, 0.3) is 0 Å². The van der Waals surface area contributed by atoms with E-state index in [1.807, 2.05) is 0 Å². The first-order valence-corrected chi connectivity index (χ1v) is 7.71. The quantitative estimate of drug-likeness (QED) is 0.815. The molecule has 0 spiro atoms. The summed E-state index contributed by atoms with van der Waals surface area (Å²) < 4.78 is 0. The van der Waals surface area contributed by atoms with E-state index in [1.165, 1.54) is 57.9 Å². The van der Waals surface area contributed by atoms with Gasteiger partial charge in [-0.05, 0) is 38.1 Å². The van der Waals surface area contributed by atoms with Gasteiger partial charge in [-0.3, -0.25) is 4.90 Å². The fourth-order valence-corrected chi connectivity index (χ4v) is 4.40. The number of hydrogen-bond acceptors (Lipinski definition) is 2. The predicted octanol–water partition coefficient (Wildman–Crippen LogP) is 3.16. The van der Waals surface area contributed by atoms with Crippen LogP contribution in [0.2, 0.25) is 0 Å². The lowest BCUT2D eigenvalue weighted by atomic mass is 9.71. The Hall–Kier alpha value is -0.0800. The molecule has 0 amide bonds. The highest BCUT2D eigenvalue weighted by Crippen LogP contribution is 2.41. The van der Waals surface area contributed by atoms with Crippen LogP contribution in [0.3, 0.4) is 0 Å². The third-order valence-corrected chi connectivity index (χ3v) is 5.45. The smallest absolute Gasteiger partial charge is 0.0360 e. The molecule has 0 heterocycles. The molecule has 2 aliphatic carbocycles. The molecule has 0 saturated heterocycles. The second-order valence-corrected chi connectivity index (χ2v) is 6.18. The Balaban J connectivity index is 2.17. The molecular weight excluding hydrogens is 208 g/mol. The Bertz CT molecular complexity index is 235. The second-order valence-electron chi connectivity index (χ2n) is 6.18. The van der Waals surface area contributed by atoms with Crippen LogP contribution in [0.15, 0.2) is 0 Å². The molecule has 0 radical (unpaired) electrons. The maximum absolute atomic E-state index is 6.23. The molecule has 17 heavy (non-hydrogen) atoms. The van der Waals surface area contributed by atoms with Crippen molar-refractivity contribution in [2.24, 2.45) is 11.7 Å². The molecule has 2 aliphatic rings. The average molecular weight is 238 g/mol. The molecule has 2 saturated carbocycles. The zero-order valence-electron chi connectivity index (χ0n) is 11.8. The summed E-state index contributed by atoms with van der Waals surface area (Å²) in [6, 6.07) is 0.823. The molecular formula is C15H30N2. The van der Waals surface area contributed by atoms with Gasteiger partial charge in [0.1, 0.15) is 0 Å². The Labute approximate surface area is 107 Å². The molecule has 2 fully saturated rings. The fraction of sp³-hybridized carbons (Fsp3) is 1.00. The third-order valence-electron chi connectivity index (χ3n) is 5.45. The molecule has 0 aromatic carbocycles. The van der Waals surface area contributed by atoms with Crippen LogP contribution in [-0.4, -0.2) is 29.6 Å². The van der Waals surface area contributed by atoms with Crippen molar-refractivity contribution in [1.29, 1.82) is 0 Å². The van der Waals surface area contributed by atoms with Crippen LogP contribution >= 0.6 is 0 Å². The minimum atomic E-state index is 0.321. The van der Waals surface area contributed by atoms with Gasteiger partial charge in [0, 0.05) is 18.1 Å². The SMILES string of the molecule is CCN(C1CCCC1)C1(CN)CCCCC1C. The average Bonchev–Trinajstić information content (AvgIpc) is 2.86. The molecule has 2 heteroatoms. The van der Waals surface area contributed by atoms with Gasteiger partial charge in [0.05, 0.1) is 0 Å². The second kappa shape index (κ2) is 5.71. The van der Waals surface area contributed by atoms with Crippen molar-refractivity contribution in [3.8, 4) is 0 Å². The van der Waals surface area contributed by atoms with Gasteiger partial charge >= 0.3 is 0 Å². The number of hydrogen-bond donors (Lipinski definition) is 1. The van der Waals surface area contributed by atoms with Gasteiger partial charge in [-0.1, -0.05) is 39.5 Å². The predicted molar refractivity (Wildman–Crippen MR) is 74.1 cm³/mol. The normalized spacial score (nSPS) is 35.6. The van der Waals surface area contributed by atoms with Gasteiger partial charge in [-0.25, -0.2) is 0 Å². The van der Waals surface area contributed by atoms with Crippen molar-refractivity contribution in [1.82, 2.24) is 4.90 Å². The monoisotopic (exact) mass is 238 g/mol. The topological polar surface area (TPSA) is 29.3 Å². The largest absolute Gasteiger partial charge is 0.329 e. The van der Waals surface area contributed by atoms with Gasteiger partial charge in [0.2, 0.25) is 0 Å². The van der Waals surface area contributed by atoms with Crippen LogP contribution in [0.1, 0.15) is 65.2 Å². The van der Waals surface area contributed by atoms with Crippen molar-refractivity contribution in [2.45, 2.75) is 76.8 Å². The van der Waals surface area contributed by atoms with Crippen LogP contribution in [0, 0.1) is 5.92 Å². The molecule has 0 aromatic rings. The molecule has 2 unspecified atom stereocenters. The zero-order valence-corrected chi connectivity index (χ0v) is 11.8. The van der Waals surface area contributed by atoms with Crippen molar-refractivity contribution >= 4 is 0 Å². The lowest BCUT2D eigenvalue weighted by Crippen LogP contribution is -2.61. The van der Waals surface area contributed by atoms with Crippen LogP contribution < -0.4 is 5.73 Å². The minimum absolute atomic E-state index is 0.321. The lowest BCUT2D eigenvalue weighted by Gasteiger charge is -2.52. The maximum Gasteiger partial charge on any atom is 0.0360 e. The standard InChI is InChI=1S/C15H30N2/c1-3-17(14-9-4-5-10-14)15(12-16)11-7-6-8-13(15)2/h13-14H,3-12,16H2,1-2H3. The maximum atomic E-state index is 6.23. The Morgan fingerprint density at radius 3 is 2.29 bits per heavy atom. The lowest BCUT2D eigenvalue weighted by molar-refractivity contribution is -0.0132. The summed E-state index contributed by atoms with van der Waals surface area (Å²) in [5.74, 6) is 0.779. The molecule has 0 aliphatic heterocycles. The van der Waals surface area contributed by atoms with E-state index in [4.69, 9.17) is 5.73 Å². The van der Waals surface area contributed by atoms with Crippen molar-refractivity contribution in [3.63, 3.8) is 0 Å². The summed E-state index contributed by atoms with van der Waals surface area (Å²) in [6.45, 7) is 6.81. The summed E-state index contributed by atoms with van der Waals surface area (Å²) >= 11 is 0. The molecule has 100 valence electrons. The van der Waals surface area contributed by atoms with E-state index in [1.54, 1.807) is 0 Å². The van der Waals surface area contributed by atoms with E-state index in [-0.39, 0.29) is 0 Å². The van der Waals surface area contributed by atoms with Crippen LogP contribution in [0.4, 0.5) is 0 Å². The van der Waals surface area contributed by atoms with Crippen molar-refractivity contribution in [2.75, 3.05) is 13.1 Å². The molecule has 2 nitrogen and oxygen atoms in total. The van der Waals surface area contributed by atoms with E-state index >= 15 is 0 Å². The summed E-state index contributed by atoms with van der Waals surface area (Å²) in [7, 11) is 0. The number of rotatable bonds is 4. The zero-order chi connectivity index (χ0) is 12.3. The first-order chi connectivity index (χ1) is 8.24. The number of nitrogens with two attached hydrogens (primary N) is 1.